The maximum absolute atomic E-state index is 8.03. The highest BCUT2D eigenvalue weighted by Gasteiger charge is 2.05. The average Bonchev–Trinajstić information content (AvgIpc) is 2.14. The van der Waals surface area contributed by atoms with E-state index < -0.39 is 10.9 Å². The fourth-order valence-electron chi connectivity index (χ4n) is 0.248. The Morgan fingerprint density at radius 1 is 1.86 bits per heavy atom. The fourth-order valence-corrected chi connectivity index (χ4v) is 0.745. The maximum atomic E-state index is 8.03. The Balaban J connectivity index is 2.67. The third-order valence-corrected chi connectivity index (χ3v) is 1.35. The van der Waals surface area contributed by atoms with Crippen molar-refractivity contribution >= 4 is 22.4 Å². The number of hydrogen-bond acceptors (Lipinski definition) is 3. The van der Waals surface area contributed by atoms with Crippen LogP contribution in [0.4, 0.5) is 0 Å². The third-order valence-electron chi connectivity index (χ3n) is 0.498. The zero-order valence-electron chi connectivity index (χ0n) is 3.40. The molecule has 1 unspecified atom stereocenters. The molecule has 0 radical (unpaired) electrons. The Bertz CT molecular complexity index is 163. The van der Waals surface area contributed by atoms with Gasteiger partial charge in [-0.25, -0.2) is 0 Å². The van der Waals surface area contributed by atoms with Gasteiger partial charge in [0.2, 0.25) is 9.77 Å². The maximum Gasteiger partial charge on any atom is 0.371 e. The molecule has 1 aliphatic rings. The fraction of sp³-hybridized carbons (Fsp3) is 0. The van der Waals surface area contributed by atoms with Gasteiger partial charge in [0.15, 0.2) is 0 Å². The zero-order valence-corrected chi connectivity index (χ0v) is 4.22. The Morgan fingerprint density at radius 3 is 3.00 bits per heavy atom. The van der Waals surface area contributed by atoms with Gasteiger partial charge in [0.25, 0.3) is 0 Å². The van der Waals surface area contributed by atoms with Gasteiger partial charge in [0, 0.05) is 0 Å². The van der Waals surface area contributed by atoms with Crippen molar-refractivity contribution in [3.05, 3.63) is 4.38 Å². The molecule has 0 amide bonds. The van der Waals surface area contributed by atoms with Crippen molar-refractivity contribution in [3.63, 3.8) is 0 Å². The molecule has 0 aromatic carbocycles. The Hall–Kier alpha value is -0.890. The Kier molecular flexibility index (Phi) is 1.04. The van der Waals surface area contributed by atoms with Crippen molar-refractivity contribution in [2.24, 2.45) is 5.10 Å². The van der Waals surface area contributed by atoms with Gasteiger partial charge in [-0.2, -0.15) is 9.93 Å². The normalized spacial score (nSPS) is 25.3. The lowest BCUT2D eigenvalue weighted by atomic mass is 10.9. The van der Waals surface area contributed by atoms with Gasteiger partial charge >= 0.3 is 10.9 Å². The minimum atomic E-state index is -0.551. The minimum Gasteiger partial charge on any atom is -0.186 e. The second-order valence-electron chi connectivity index (χ2n) is 0.902. The van der Waals surface area contributed by atoms with E-state index >= 15 is 0 Å². The van der Waals surface area contributed by atoms with E-state index in [1.54, 1.807) is 11.6 Å². The first-order valence-electron chi connectivity index (χ1n) is 1.64. The summed E-state index contributed by atoms with van der Waals surface area (Å²) in [5.41, 5.74) is 0. The highest BCUT2D eigenvalue weighted by molar-refractivity contribution is 8.16. The molecular formula is C2H3N4S+. The van der Waals surface area contributed by atoms with E-state index in [2.05, 4.69) is 14.3 Å². The summed E-state index contributed by atoms with van der Waals surface area (Å²) in [7, 11) is -0.551. The van der Waals surface area contributed by atoms with Crippen LogP contribution in [0.15, 0.2) is 5.10 Å². The zero-order chi connectivity index (χ0) is 5.11. The largest absolute Gasteiger partial charge is 0.371 e. The van der Waals surface area contributed by atoms with Gasteiger partial charge in [-0.05, 0) is 0 Å². The molecule has 1 aliphatic heterocycles. The predicted octanol–water partition coefficient (Wildman–Crippen LogP) is 0.330. The average molecular weight is 115 g/mol. The van der Waals surface area contributed by atoms with Gasteiger partial charge in [0.05, 0.1) is 11.6 Å². The highest BCUT2D eigenvalue weighted by atomic mass is 32.2. The van der Waals surface area contributed by atoms with Crippen molar-refractivity contribution in [2.75, 3.05) is 0 Å². The standard InChI is InChI=1S/C2H3N4S/c3-5-7-2-1-4-6-7/h1-2,6H/q+1. The summed E-state index contributed by atoms with van der Waals surface area (Å²) in [6.07, 6.45) is 1.56. The number of rotatable bonds is 0. The molecule has 0 bridgehead atoms. The van der Waals surface area contributed by atoms with Gasteiger partial charge in [-0.1, -0.05) is 0 Å². The van der Waals surface area contributed by atoms with E-state index in [9.17, 15) is 0 Å². The van der Waals surface area contributed by atoms with Gasteiger partial charge in [-0.3, -0.25) is 0 Å². The molecule has 36 valence electrons. The SMILES string of the molecule is N#[N+]S1=CC=NN1. The van der Waals surface area contributed by atoms with E-state index in [1.165, 1.54) is 0 Å². The summed E-state index contributed by atoms with van der Waals surface area (Å²) in [6, 6.07) is 0. The van der Waals surface area contributed by atoms with Crippen LogP contribution < -0.4 is 4.83 Å². The third kappa shape index (κ3) is 0.751. The lowest BCUT2D eigenvalue weighted by Crippen LogP contribution is -1.83. The van der Waals surface area contributed by atoms with Crippen molar-refractivity contribution in [3.8, 4) is 0 Å². The van der Waals surface area contributed by atoms with Crippen molar-refractivity contribution in [1.29, 1.82) is 5.39 Å². The predicted molar refractivity (Wildman–Crippen MR) is 30.4 cm³/mol. The molecule has 0 spiro atoms. The lowest BCUT2D eigenvalue weighted by molar-refractivity contribution is 1.14. The van der Waals surface area contributed by atoms with Crippen LogP contribution in [0, 0.1) is 5.39 Å². The topological polar surface area (TPSA) is 52.5 Å². The number of hydrogen-bond donors (Lipinski definition) is 1. The van der Waals surface area contributed by atoms with Crippen LogP contribution in [0.25, 0.3) is 4.38 Å². The molecule has 1 N–H and O–H groups in total. The van der Waals surface area contributed by atoms with Crippen LogP contribution in [-0.2, 0) is 0 Å². The second-order valence-corrected chi connectivity index (χ2v) is 2.15. The molecule has 0 saturated carbocycles. The number of diazo groups is 1. The van der Waals surface area contributed by atoms with Crippen LogP contribution in [0.2, 0.25) is 0 Å². The first-order valence-corrected chi connectivity index (χ1v) is 2.88. The van der Waals surface area contributed by atoms with Crippen molar-refractivity contribution < 1.29 is 0 Å². The summed E-state index contributed by atoms with van der Waals surface area (Å²) in [4.78, 5) is 2.53. The number of nitrogens with one attached hydrogen (secondary N) is 1. The van der Waals surface area contributed by atoms with Crippen LogP contribution in [0.1, 0.15) is 0 Å². The molecule has 0 aromatic rings. The molecule has 0 aromatic heterocycles. The van der Waals surface area contributed by atoms with E-state index in [1.807, 2.05) is 0 Å². The van der Waals surface area contributed by atoms with E-state index in [0.717, 1.165) is 0 Å². The first kappa shape index (κ1) is 4.27. The smallest absolute Gasteiger partial charge is 0.186 e. The Morgan fingerprint density at radius 2 is 2.71 bits per heavy atom. The molecule has 7 heavy (non-hydrogen) atoms. The minimum absolute atomic E-state index is 0.551. The molecule has 0 fully saturated rings. The summed E-state index contributed by atoms with van der Waals surface area (Å²) in [6.45, 7) is 0. The monoisotopic (exact) mass is 115 g/mol. The Labute approximate surface area is 43.0 Å². The molecule has 1 atom stereocenters. The summed E-state index contributed by atoms with van der Waals surface area (Å²) >= 11 is 0. The molecule has 1 rings (SSSR count). The summed E-state index contributed by atoms with van der Waals surface area (Å²) < 4.78 is 2.92. The molecule has 1 heterocycles. The molecule has 5 heteroatoms. The van der Waals surface area contributed by atoms with Crippen molar-refractivity contribution in [2.45, 2.75) is 0 Å². The lowest BCUT2D eigenvalue weighted by Gasteiger charge is -1.69. The van der Waals surface area contributed by atoms with Crippen LogP contribution in [0.5, 0.6) is 0 Å². The highest BCUT2D eigenvalue weighted by Crippen LogP contribution is 2.07. The van der Waals surface area contributed by atoms with E-state index in [-0.39, 0.29) is 0 Å². The molecule has 4 nitrogen and oxygen atoms in total. The van der Waals surface area contributed by atoms with Crippen LogP contribution in [-0.4, -0.2) is 11.6 Å². The van der Waals surface area contributed by atoms with Gasteiger partial charge < -0.3 is 0 Å². The second kappa shape index (κ2) is 1.71. The quantitative estimate of drug-likeness (QED) is 0.365. The van der Waals surface area contributed by atoms with Gasteiger partial charge in [-0.15, -0.1) is 0 Å². The van der Waals surface area contributed by atoms with Crippen molar-refractivity contribution in [1.82, 2.24) is 4.83 Å². The van der Waals surface area contributed by atoms with Crippen LogP contribution in [0.3, 0.4) is 0 Å². The molecule has 0 aliphatic carbocycles. The number of hydrazone groups is 1. The molecular weight excluding hydrogens is 112 g/mol. The van der Waals surface area contributed by atoms with Crippen LogP contribution >= 0.6 is 10.9 Å². The first-order chi connectivity index (χ1) is 3.43. The summed E-state index contributed by atoms with van der Waals surface area (Å²) in [5.74, 6) is 0. The summed E-state index contributed by atoms with van der Waals surface area (Å²) in [5, 5.41) is 13.3. The molecule has 0 saturated heterocycles. The van der Waals surface area contributed by atoms with E-state index in [0.29, 0.717) is 0 Å². The van der Waals surface area contributed by atoms with Gasteiger partial charge in [0.1, 0.15) is 0 Å². The van der Waals surface area contributed by atoms with E-state index in [4.69, 9.17) is 5.39 Å². The number of nitrogens with zero attached hydrogens (tertiary/aromatic N) is 3.